The first-order valence-electron chi connectivity index (χ1n) is 8.45. The third-order valence-corrected chi connectivity index (χ3v) is 6.08. The number of amides is 1. The van der Waals surface area contributed by atoms with Gasteiger partial charge in [-0.25, -0.2) is 0 Å². The van der Waals surface area contributed by atoms with Gasteiger partial charge in [0, 0.05) is 13.1 Å². The van der Waals surface area contributed by atoms with Crippen LogP contribution in [0.1, 0.15) is 52.4 Å². The topological polar surface area (TPSA) is 57.6 Å². The molecule has 118 valence electrons. The summed E-state index contributed by atoms with van der Waals surface area (Å²) in [6, 6.07) is 0. The molecule has 4 aliphatic rings. The van der Waals surface area contributed by atoms with Gasteiger partial charge in [0.15, 0.2) is 0 Å². The number of hydrogen-bond donors (Lipinski definition) is 1. The quantitative estimate of drug-likeness (QED) is 0.848. The van der Waals surface area contributed by atoms with Crippen LogP contribution in [-0.4, -0.2) is 35.0 Å². The van der Waals surface area contributed by atoms with E-state index in [1.54, 1.807) is 6.92 Å². The van der Waals surface area contributed by atoms with E-state index in [2.05, 4.69) is 0 Å². The second kappa shape index (κ2) is 5.29. The highest BCUT2D eigenvalue weighted by molar-refractivity contribution is 5.84. The summed E-state index contributed by atoms with van der Waals surface area (Å²) < 4.78 is 0. The number of hydrogen-bond acceptors (Lipinski definition) is 2. The smallest absolute Gasteiger partial charge is 0.308 e. The molecule has 0 aliphatic heterocycles. The van der Waals surface area contributed by atoms with E-state index in [0.29, 0.717) is 13.1 Å². The predicted molar refractivity (Wildman–Crippen MR) is 79.7 cm³/mol. The van der Waals surface area contributed by atoms with Gasteiger partial charge in [0.05, 0.1) is 11.3 Å². The summed E-state index contributed by atoms with van der Waals surface area (Å²) in [7, 11) is 0. The molecule has 0 saturated heterocycles. The normalized spacial score (nSPS) is 38.3. The average molecular weight is 293 g/mol. The minimum atomic E-state index is -0.813. The van der Waals surface area contributed by atoms with Crippen molar-refractivity contribution in [1.29, 1.82) is 0 Å². The second-order valence-corrected chi connectivity index (χ2v) is 7.78. The van der Waals surface area contributed by atoms with Crippen molar-refractivity contribution in [3.63, 3.8) is 0 Å². The molecule has 0 heterocycles. The number of carbonyl (C=O) groups excluding carboxylic acids is 1. The maximum atomic E-state index is 13.1. The van der Waals surface area contributed by atoms with Crippen LogP contribution in [0.5, 0.6) is 0 Å². The molecule has 1 atom stereocenters. The first-order chi connectivity index (χ1) is 9.93. The molecule has 4 aliphatic carbocycles. The van der Waals surface area contributed by atoms with Gasteiger partial charge >= 0.3 is 5.97 Å². The van der Waals surface area contributed by atoms with E-state index in [0.717, 1.165) is 37.0 Å². The van der Waals surface area contributed by atoms with E-state index in [-0.39, 0.29) is 11.3 Å². The van der Waals surface area contributed by atoms with Crippen LogP contribution < -0.4 is 0 Å². The lowest BCUT2D eigenvalue weighted by Crippen LogP contribution is -2.55. The zero-order valence-electron chi connectivity index (χ0n) is 13.2. The number of aliphatic carboxylic acids is 1. The van der Waals surface area contributed by atoms with Gasteiger partial charge in [-0.15, -0.1) is 0 Å². The number of carbonyl (C=O) groups is 2. The van der Waals surface area contributed by atoms with Crippen LogP contribution in [0.2, 0.25) is 0 Å². The fraction of sp³-hybridized carbons (Fsp3) is 0.882. The van der Waals surface area contributed by atoms with Crippen molar-refractivity contribution in [1.82, 2.24) is 4.90 Å². The molecule has 4 bridgehead atoms. The molecular formula is C17H27NO3. The largest absolute Gasteiger partial charge is 0.481 e. The Labute approximate surface area is 126 Å². The van der Waals surface area contributed by atoms with Crippen LogP contribution in [0.15, 0.2) is 0 Å². The number of carboxylic acids is 1. The Morgan fingerprint density at radius 2 is 1.62 bits per heavy atom. The molecule has 4 heteroatoms. The van der Waals surface area contributed by atoms with E-state index in [9.17, 15) is 9.59 Å². The highest BCUT2D eigenvalue weighted by Crippen LogP contribution is 2.60. The van der Waals surface area contributed by atoms with E-state index in [1.165, 1.54) is 19.3 Å². The van der Waals surface area contributed by atoms with Crippen LogP contribution in [-0.2, 0) is 9.59 Å². The summed E-state index contributed by atoms with van der Waals surface area (Å²) in [5.41, 5.74) is -0.150. The summed E-state index contributed by atoms with van der Waals surface area (Å²) in [6.45, 7) is 4.63. The van der Waals surface area contributed by atoms with Crippen molar-refractivity contribution in [2.45, 2.75) is 52.4 Å². The Morgan fingerprint density at radius 3 is 2.00 bits per heavy atom. The lowest BCUT2D eigenvalue weighted by molar-refractivity contribution is -0.159. The number of nitrogens with zero attached hydrogens (tertiary/aromatic N) is 1. The minimum Gasteiger partial charge on any atom is -0.481 e. The van der Waals surface area contributed by atoms with Crippen molar-refractivity contribution >= 4 is 11.9 Å². The molecule has 1 N–H and O–H groups in total. The van der Waals surface area contributed by atoms with Gasteiger partial charge in [-0.3, -0.25) is 9.59 Å². The van der Waals surface area contributed by atoms with Crippen molar-refractivity contribution < 1.29 is 14.7 Å². The standard InChI is InChI=1S/C17H27NO3/c1-3-18(10-11(2)15(19)20)16(21)17-7-12-4-13(8-17)6-14(5-12)9-17/h11-14H,3-10H2,1-2H3,(H,19,20). The molecule has 1 unspecified atom stereocenters. The maximum absolute atomic E-state index is 13.1. The minimum absolute atomic E-state index is 0.150. The fourth-order valence-electron chi connectivity index (χ4n) is 5.47. The lowest BCUT2D eigenvalue weighted by Gasteiger charge is -2.56. The maximum Gasteiger partial charge on any atom is 0.308 e. The van der Waals surface area contributed by atoms with Crippen molar-refractivity contribution in [2.75, 3.05) is 13.1 Å². The fourth-order valence-corrected chi connectivity index (χ4v) is 5.47. The lowest BCUT2D eigenvalue weighted by atomic mass is 9.49. The van der Waals surface area contributed by atoms with Crippen LogP contribution in [0.25, 0.3) is 0 Å². The van der Waals surface area contributed by atoms with Crippen LogP contribution >= 0.6 is 0 Å². The molecule has 0 aromatic rings. The molecule has 1 amide bonds. The highest BCUT2D eigenvalue weighted by atomic mass is 16.4. The average Bonchev–Trinajstić information content (AvgIpc) is 2.42. The monoisotopic (exact) mass is 293 g/mol. The van der Waals surface area contributed by atoms with E-state index < -0.39 is 11.9 Å². The molecule has 0 aromatic heterocycles. The SMILES string of the molecule is CCN(CC(C)C(=O)O)C(=O)C12CC3CC(CC(C3)C1)C2. The third-order valence-electron chi connectivity index (χ3n) is 6.08. The summed E-state index contributed by atoms with van der Waals surface area (Å²) in [5, 5.41) is 9.10. The molecule has 0 radical (unpaired) electrons. The molecule has 0 aromatic carbocycles. The van der Waals surface area contributed by atoms with Gasteiger partial charge in [0.2, 0.25) is 5.91 Å². The Bertz CT molecular complexity index is 410. The van der Waals surface area contributed by atoms with Gasteiger partial charge < -0.3 is 10.0 Å². The number of carboxylic acid groups (broad SMARTS) is 1. The molecule has 21 heavy (non-hydrogen) atoms. The van der Waals surface area contributed by atoms with E-state index >= 15 is 0 Å². The summed E-state index contributed by atoms with van der Waals surface area (Å²) in [5.74, 6) is 1.19. The zero-order chi connectivity index (χ0) is 15.2. The molecule has 4 rings (SSSR count). The van der Waals surface area contributed by atoms with Crippen LogP contribution in [0.4, 0.5) is 0 Å². The Kier molecular flexibility index (Phi) is 3.74. The second-order valence-electron chi connectivity index (χ2n) is 7.78. The highest BCUT2D eigenvalue weighted by Gasteiger charge is 2.55. The molecule has 4 fully saturated rings. The first-order valence-corrected chi connectivity index (χ1v) is 8.45. The number of rotatable bonds is 5. The molecular weight excluding hydrogens is 266 g/mol. The zero-order valence-corrected chi connectivity index (χ0v) is 13.2. The molecule has 4 saturated carbocycles. The third kappa shape index (κ3) is 2.58. The molecule has 4 nitrogen and oxygen atoms in total. The summed E-state index contributed by atoms with van der Waals surface area (Å²) in [6.07, 6.45) is 7.12. The van der Waals surface area contributed by atoms with Gasteiger partial charge in [-0.05, 0) is 63.2 Å². The van der Waals surface area contributed by atoms with Gasteiger partial charge in [0.25, 0.3) is 0 Å². The van der Waals surface area contributed by atoms with E-state index in [4.69, 9.17) is 5.11 Å². The molecule has 0 spiro atoms. The predicted octanol–water partition coefficient (Wildman–Crippen LogP) is 2.77. The Balaban J connectivity index is 1.75. The van der Waals surface area contributed by atoms with Crippen molar-refractivity contribution in [3.05, 3.63) is 0 Å². The summed E-state index contributed by atoms with van der Waals surface area (Å²) >= 11 is 0. The first kappa shape index (κ1) is 14.9. The van der Waals surface area contributed by atoms with Crippen molar-refractivity contribution in [3.8, 4) is 0 Å². The van der Waals surface area contributed by atoms with Crippen LogP contribution in [0.3, 0.4) is 0 Å². The van der Waals surface area contributed by atoms with Gasteiger partial charge in [-0.2, -0.15) is 0 Å². The van der Waals surface area contributed by atoms with Gasteiger partial charge in [-0.1, -0.05) is 6.92 Å². The van der Waals surface area contributed by atoms with Crippen LogP contribution in [0, 0.1) is 29.1 Å². The summed E-state index contributed by atoms with van der Waals surface area (Å²) in [4.78, 5) is 26.0. The van der Waals surface area contributed by atoms with E-state index in [1.807, 2.05) is 11.8 Å². The van der Waals surface area contributed by atoms with Gasteiger partial charge in [0.1, 0.15) is 0 Å². The Morgan fingerprint density at radius 1 is 1.14 bits per heavy atom. The van der Waals surface area contributed by atoms with Crippen molar-refractivity contribution in [2.24, 2.45) is 29.1 Å². The Hall–Kier alpha value is -1.06.